The maximum Gasteiger partial charge on any atom is 0.270 e. The second-order valence-electron chi connectivity index (χ2n) is 5.57. The number of anilines is 1. The number of benzene rings is 2. The Kier molecular flexibility index (Phi) is 5.41. The van der Waals surface area contributed by atoms with Gasteiger partial charge in [0.25, 0.3) is 11.6 Å². The van der Waals surface area contributed by atoms with Crippen molar-refractivity contribution in [2.24, 2.45) is 0 Å². The van der Waals surface area contributed by atoms with Crippen LogP contribution >= 0.6 is 11.3 Å². The summed E-state index contributed by atoms with van der Waals surface area (Å²) in [5.74, 6) is 0.102. The number of nitrogens with one attached hydrogen (secondary N) is 1. The van der Waals surface area contributed by atoms with E-state index in [0.29, 0.717) is 33.1 Å². The van der Waals surface area contributed by atoms with Crippen LogP contribution in [-0.4, -0.2) is 28.2 Å². The van der Waals surface area contributed by atoms with Crippen molar-refractivity contribution < 1.29 is 19.2 Å². The Morgan fingerprint density at radius 1 is 1.22 bits per heavy atom. The number of non-ortho nitro benzene ring substituents is 1. The number of aromatic nitrogens is 1. The number of fused-ring (bicyclic) bond motifs is 1. The van der Waals surface area contributed by atoms with Crippen LogP contribution in [0.15, 0.2) is 42.5 Å². The standard InChI is InChI=1S/C18H15N3O5S/c1-2-15(22)11-3-6-13(7-4-11)26-10-17(23)20-18-19-14-8-5-12(21(24)25)9-16(14)27-18/h3-9H,2,10H2,1H3,(H,19,20,23). The van der Waals surface area contributed by atoms with Crippen LogP contribution in [0.4, 0.5) is 10.8 Å². The molecule has 3 aromatic rings. The number of nitro groups is 1. The van der Waals surface area contributed by atoms with Gasteiger partial charge in [-0.2, -0.15) is 0 Å². The molecule has 0 aliphatic heterocycles. The van der Waals surface area contributed by atoms with Crippen molar-refractivity contribution >= 4 is 44.1 Å². The number of carbonyl (C=O) groups excluding carboxylic acids is 2. The molecule has 0 unspecified atom stereocenters. The van der Waals surface area contributed by atoms with Gasteiger partial charge in [0.1, 0.15) is 5.75 Å². The van der Waals surface area contributed by atoms with E-state index in [-0.39, 0.29) is 18.1 Å². The van der Waals surface area contributed by atoms with Gasteiger partial charge in [-0.15, -0.1) is 0 Å². The molecule has 1 amide bonds. The van der Waals surface area contributed by atoms with Gasteiger partial charge in [-0.25, -0.2) is 4.98 Å². The summed E-state index contributed by atoms with van der Waals surface area (Å²) in [6, 6.07) is 10.9. The van der Waals surface area contributed by atoms with E-state index in [2.05, 4.69) is 10.3 Å². The van der Waals surface area contributed by atoms with Crippen LogP contribution < -0.4 is 10.1 Å². The summed E-state index contributed by atoms with van der Waals surface area (Å²) in [7, 11) is 0. The second-order valence-corrected chi connectivity index (χ2v) is 6.60. The predicted octanol–water partition coefficient (Wildman–Crippen LogP) is 3.81. The lowest BCUT2D eigenvalue weighted by Crippen LogP contribution is -2.20. The lowest BCUT2D eigenvalue weighted by atomic mass is 10.1. The molecule has 1 heterocycles. The zero-order valence-corrected chi connectivity index (χ0v) is 15.1. The highest BCUT2D eigenvalue weighted by Gasteiger charge is 2.12. The Hall–Kier alpha value is -3.33. The highest BCUT2D eigenvalue weighted by atomic mass is 32.1. The largest absolute Gasteiger partial charge is 0.484 e. The molecule has 9 heteroatoms. The van der Waals surface area contributed by atoms with Crippen molar-refractivity contribution in [1.29, 1.82) is 0 Å². The lowest BCUT2D eigenvalue weighted by molar-refractivity contribution is -0.384. The van der Waals surface area contributed by atoms with Crippen molar-refractivity contribution in [3.63, 3.8) is 0 Å². The molecule has 0 fully saturated rings. The topological polar surface area (TPSA) is 111 Å². The van der Waals surface area contributed by atoms with E-state index in [1.54, 1.807) is 31.2 Å². The molecule has 0 bridgehead atoms. The quantitative estimate of drug-likeness (QED) is 0.376. The van der Waals surface area contributed by atoms with E-state index < -0.39 is 10.8 Å². The third-order valence-electron chi connectivity index (χ3n) is 3.70. The molecule has 0 saturated heterocycles. The van der Waals surface area contributed by atoms with E-state index in [4.69, 9.17) is 4.74 Å². The number of nitro benzene ring substituents is 1. The number of ketones is 1. The first-order valence-corrected chi connectivity index (χ1v) is 8.89. The van der Waals surface area contributed by atoms with Crippen molar-refractivity contribution in [3.8, 4) is 5.75 Å². The summed E-state index contributed by atoms with van der Waals surface area (Å²) in [6.07, 6.45) is 0.425. The Balaban J connectivity index is 1.60. The van der Waals surface area contributed by atoms with Gasteiger partial charge in [0.2, 0.25) is 0 Å². The van der Waals surface area contributed by atoms with Crippen molar-refractivity contribution in [2.75, 3.05) is 11.9 Å². The number of carbonyl (C=O) groups is 2. The van der Waals surface area contributed by atoms with Crippen molar-refractivity contribution in [1.82, 2.24) is 4.98 Å². The van der Waals surface area contributed by atoms with Crippen LogP contribution in [0.25, 0.3) is 10.2 Å². The summed E-state index contributed by atoms with van der Waals surface area (Å²) in [4.78, 5) is 38.2. The molecular formula is C18H15N3O5S. The highest BCUT2D eigenvalue weighted by Crippen LogP contribution is 2.29. The van der Waals surface area contributed by atoms with E-state index in [1.165, 1.54) is 18.2 Å². The van der Waals surface area contributed by atoms with Crippen LogP contribution in [0, 0.1) is 10.1 Å². The number of hydrogen-bond acceptors (Lipinski definition) is 7. The third-order valence-corrected chi connectivity index (χ3v) is 4.63. The van der Waals surface area contributed by atoms with Crippen LogP contribution in [0.5, 0.6) is 5.75 Å². The minimum atomic E-state index is -0.482. The molecule has 0 aliphatic carbocycles. The Morgan fingerprint density at radius 2 is 1.96 bits per heavy atom. The van der Waals surface area contributed by atoms with Gasteiger partial charge >= 0.3 is 0 Å². The maximum absolute atomic E-state index is 12.0. The number of ether oxygens (including phenoxy) is 1. The first-order valence-electron chi connectivity index (χ1n) is 8.07. The molecule has 3 rings (SSSR count). The molecule has 0 saturated carbocycles. The lowest BCUT2D eigenvalue weighted by Gasteiger charge is -2.06. The first kappa shape index (κ1) is 18.5. The molecule has 0 radical (unpaired) electrons. The number of thiazole rings is 1. The Labute approximate surface area is 157 Å². The van der Waals surface area contributed by atoms with Crippen molar-refractivity contribution in [3.05, 3.63) is 58.1 Å². The fraction of sp³-hybridized carbons (Fsp3) is 0.167. The number of hydrogen-bond donors (Lipinski definition) is 1. The van der Waals surface area contributed by atoms with Crippen LogP contribution in [-0.2, 0) is 4.79 Å². The first-order chi connectivity index (χ1) is 13.0. The van der Waals surface area contributed by atoms with Gasteiger partial charge in [0, 0.05) is 24.1 Å². The monoisotopic (exact) mass is 385 g/mol. The molecule has 0 spiro atoms. The summed E-state index contributed by atoms with van der Waals surface area (Å²) < 4.78 is 6.01. The fourth-order valence-electron chi connectivity index (χ4n) is 2.33. The Morgan fingerprint density at radius 3 is 2.63 bits per heavy atom. The smallest absolute Gasteiger partial charge is 0.270 e. The number of nitrogens with zero attached hydrogens (tertiary/aromatic N) is 2. The van der Waals surface area contributed by atoms with Gasteiger partial charge in [-0.3, -0.25) is 25.0 Å². The molecule has 138 valence electrons. The number of amides is 1. The number of Topliss-reactive ketones (excluding diaryl/α,β-unsaturated/α-hetero) is 1. The molecule has 0 aliphatic rings. The molecule has 2 aromatic carbocycles. The summed E-state index contributed by atoms with van der Waals surface area (Å²) in [5.41, 5.74) is 1.13. The van der Waals surface area contributed by atoms with Crippen LogP contribution in [0.1, 0.15) is 23.7 Å². The Bertz CT molecular complexity index is 1010. The minimum Gasteiger partial charge on any atom is -0.484 e. The molecule has 8 nitrogen and oxygen atoms in total. The summed E-state index contributed by atoms with van der Waals surface area (Å²) in [5, 5.41) is 13.8. The summed E-state index contributed by atoms with van der Waals surface area (Å²) >= 11 is 1.15. The van der Waals surface area contributed by atoms with E-state index in [9.17, 15) is 19.7 Å². The SMILES string of the molecule is CCC(=O)c1ccc(OCC(=O)Nc2nc3ccc([N+](=O)[O-])cc3s2)cc1. The van der Waals surface area contributed by atoms with Crippen LogP contribution in [0.2, 0.25) is 0 Å². The summed E-state index contributed by atoms with van der Waals surface area (Å²) in [6.45, 7) is 1.56. The van der Waals surface area contributed by atoms with Crippen LogP contribution in [0.3, 0.4) is 0 Å². The molecule has 0 atom stereocenters. The second kappa shape index (κ2) is 7.92. The fourth-order valence-corrected chi connectivity index (χ4v) is 3.24. The average Bonchev–Trinajstić information content (AvgIpc) is 3.07. The van der Waals surface area contributed by atoms with Gasteiger partial charge < -0.3 is 4.74 Å². The molecule has 27 heavy (non-hydrogen) atoms. The van der Waals surface area contributed by atoms with Crippen molar-refractivity contribution in [2.45, 2.75) is 13.3 Å². The average molecular weight is 385 g/mol. The molecular weight excluding hydrogens is 370 g/mol. The number of rotatable bonds is 7. The van der Waals surface area contributed by atoms with Gasteiger partial charge in [0.15, 0.2) is 17.5 Å². The van der Waals surface area contributed by atoms with E-state index in [0.717, 1.165) is 11.3 Å². The van der Waals surface area contributed by atoms with E-state index in [1.807, 2.05) is 0 Å². The van der Waals surface area contributed by atoms with E-state index >= 15 is 0 Å². The predicted molar refractivity (Wildman–Crippen MR) is 101 cm³/mol. The minimum absolute atomic E-state index is 0.0302. The third kappa shape index (κ3) is 4.45. The zero-order valence-electron chi connectivity index (χ0n) is 14.3. The normalized spacial score (nSPS) is 10.6. The van der Waals surface area contributed by atoms with Gasteiger partial charge in [0.05, 0.1) is 15.1 Å². The highest BCUT2D eigenvalue weighted by molar-refractivity contribution is 7.22. The molecule has 1 N–H and O–H groups in total. The van der Waals surface area contributed by atoms with Gasteiger partial charge in [-0.1, -0.05) is 18.3 Å². The molecule has 1 aromatic heterocycles. The zero-order chi connectivity index (χ0) is 19.4. The van der Waals surface area contributed by atoms with Gasteiger partial charge in [-0.05, 0) is 30.3 Å². The maximum atomic E-state index is 12.0.